The van der Waals surface area contributed by atoms with E-state index in [2.05, 4.69) is 55.5 Å². The number of ether oxygens (including phenoxy) is 1. The molecule has 0 saturated carbocycles. The van der Waals surface area contributed by atoms with Crippen molar-refractivity contribution < 1.29 is 4.74 Å². The molecule has 22 heavy (non-hydrogen) atoms. The van der Waals surface area contributed by atoms with Gasteiger partial charge in [0.15, 0.2) is 0 Å². The van der Waals surface area contributed by atoms with Gasteiger partial charge in [-0.2, -0.15) is 0 Å². The largest absolute Gasteiger partial charge is 0.489 e. The maximum atomic E-state index is 5.80. The van der Waals surface area contributed by atoms with Crippen LogP contribution in [-0.4, -0.2) is 0 Å². The second-order valence-corrected chi connectivity index (χ2v) is 6.31. The van der Waals surface area contributed by atoms with Crippen molar-refractivity contribution in [3.8, 4) is 5.75 Å². The molecule has 0 N–H and O–H groups in total. The Bertz CT molecular complexity index is 703. The fourth-order valence-corrected chi connectivity index (χ4v) is 2.90. The number of aryl methyl sites for hydroxylation is 1. The van der Waals surface area contributed by atoms with Crippen LogP contribution in [0.1, 0.15) is 11.1 Å². The fourth-order valence-electron chi connectivity index (χ4n) is 2.09. The first-order valence-electron chi connectivity index (χ1n) is 7.31. The zero-order chi connectivity index (χ0) is 15.2. The maximum Gasteiger partial charge on any atom is 0.119 e. The molecule has 0 fully saturated rings. The molecule has 0 aromatic heterocycles. The predicted molar refractivity (Wildman–Crippen MR) is 92.5 cm³/mol. The van der Waals surface area contributed by atoms with E-state index in [0.717, 1.165) is 5.75 Å². The number of benzene rings is 3. The molecule has 3 aromatic carbocycles. The highest BCUT2D eigenvalue weighted by atomic mass is 32.2. The summed E-state index contributed by atoms with van der Waals surface area (Å²) >= 11 is 1.76. The van der Waals surface area contributed by atoms with Crippen molar-refractivity contribution in [3.05, 3.63) is 90.0 Å². The molecule has 0 atom stereocenters. The SMILES string of the molecule is Cc1ccc(Sc2ccc(OCc3ccccc3)cc2)cc1. The number of hydrogen-bond acceptors (Lipinski definition) is 2. The molecule has 3 aromatic rings. The van der Waals surface area contributed by atoms with Crippen LogP contribution in [0.25, 0.3) is 0 Å². The van der Waals surface area contributed by atoms with Crippen molar-refractivity contribution in [1.29, 1.82) is 0 Å². The van der Waals surface area contributed by atoms with E-state index in [4.69, 9.17) is 4.74 Å². The Morgan fingerprint density at radius 2 is 1.32 bits per heavy atom. The predicted octanol–water partition coefficient (Wildman–Crippen LogP) is 5.73. The summed E-state index contributed by atoms with van der Waals surface area (Å²) in [4.78, 5) is 2.47. The summed E-state index contributed by atoms with van der Waals surface area (Å²) in [5, 5.41) is 0. The molecule has 0 amide bonds. The van der Waals surface area contributed by atoms with Gasteiger partial charge in [-0.1, -0.05) is 59.8 Å². The first-order valence-corrected chi connectivity index (χ1v) is 8.12. The first kappa shape index (κ1) is 14.7. The maximum absolute atomic E-state index is 5.80. The topological polar surface area (TPSA) is 9.23 Å². The Labute approximate surface area is 136 Å². The summed E-state index contributed by atoms with van der Waals surface area (Å²) in [7, 11) is 0. The summed E-state index contributed by atoms with van der Waals surface area (Å²) in [6.07, 6.45) is 0. The Kier molecular flexibility index (Phi) is 4.81. The standard InChI is InChI=1S/C20H18OS/c1-16-7-11-19(12-8-16)22-20-13-9-18(10-14-20)21-15-17-5-3-2-4-6-17/h2-14H,15H2,1H3. The van der Waals surface area contributed by atoms with Crippen LogP contribution in [0.5, 0.6) is 5.75 Å². The Hall–Kier alpha value is -2.19. The van der Waals surface area contributed by atoms with Gasteiger partial charge in [0.05, 0.1) is 0 Å². The van der Waals surface area contributed by atoms with E-state index < -0.39 is 0 Å². The molecule has 0 unspecified atom stereocenters. The highest BCUT2D eigenvalue weighted by Crippen LogP contribution is 2.29. The van der Waals surface area contributed by atoms with Gasteiger partial charge in [-0.05, 0) is 48.9 Å². The highest BCUT2D eigenvalue weighted by Gasteiger charge is 1.99. The number of hydrogen-bond donors (Lipinski definition) is 0. The zero-order valence-corrected chi connectivity index (χ0v) is 13.3. The van der Waals surface area contributed by atoms with Gasteiger partial charge in [-0.25, -0.2) is 0 Å². The van der Waals surface area contributed by atoms with Crippen molar-refractivity contribution in [2.24, 2.45) is 0 Å². The molecule has 0 radical (unpaired) electrons. The van der Waals surface area contributed by atoms with Crippen LogP contribution in [-0.2, 0) is 6.61 Å². The highest BCUT2D eigenvalue weighted by molar-refractivity contribution is 7.99. The third-order valence-corrected chi connectivity index (χ3v) is 4.34. The average molecular weight is 306 g/mol. The zero-order valence-electron chi connectivity index (χ0n) is 12.5. The molecule has 0 saturated heterocycles. The smallest absolute Gasteiger partial charge is 0.119 e. The summed E-state index contributed by atoms with van der Waals surface area (Å²) < 4.78 is 5.80. The van der Waals surface area contributed by atoms with Crippen LogP contribution >= 0.6 is 11.8 Å². The first-order chi connectivity index (χ1) is 10.8. The van der Waals surface area contributed by atoms with Crippen LogP contribution in [0.4, 0.5) is 0 Å². The van der Waals surface area contributed by atoms with E-state index in [1.807, 2.05) is 30.3 Å². The molecule has 1 nitrogen and oxygen atoms in total. The molecule has 3 rings (SSSR count). The van der Waals surface area contributed by atoms with E-state index in [1.165, 1.54) is 20.9 Å². The van der Waals surface area contributed by atoms with Crippen molar-refractivity contribution in [3.63, 3.8) is 0 Å². The van der Waals surface area contributed by atoms with E-state index in [-0.39, 0.29) is 0 Å². The van der Waals surface area contributed by atoms with Gasteiger partial charge in [0.1, 0.15) is 12.4 Å². The summed E-state index contributed by atoms with van der Waals surface area (Å²) in [5.74, 6) is 0.900. The van der Waals surface area contributed by atoms with E-state index >= 15 is 0 Å². The monoisotopic (exact) mass is 306 g/mol. The Balaban J connectivity index is 1.59. The minimum Gasteiger partial charge on any atom is -0.489 e. The van der Waals surface area contributed by atoms with E-state index in [9.17, 15) is 0 Å². The van der Waals surface area contributed by atoms with E-state index in [0.29, 0.717) is 6.61 Å². The Morgan fingerprint density at radius 1 is 0.727 bits per heavy atom. The van der Waals surface area contributed by atoms with Gasteiger partial charge in [0.2, 0.25) is 0 Å². The van der Waals surface area contributed by atoms with Gasteiger partial charge in [0, 0.05) is 9.79 Å². The average Bonchev–Trinajstić information content (AvgIpc) is 2.57. The molecule has 2 heteroatoms. The van der Waals surface area contributed by atoms with Gasteiger partial charge in [0.25, 0.3) is 0 Å². The van der Waals surface area contributed by atoms with Crippen LogP contribution < -0.4 is 4.74 Å². The molecule has 0 bridgehead atoms. The molecular formula is C20H18OS. The normalized spacial score (nSPS) is 10.4. The quantitative estimate of drug-likeness (QED) is 0.595. The Morgan fingerprint density at radius 3 is 1.95 bits per heavy atom. The summed E-state index contributed by atoms with van der Waals surface area (Å²) in [6, 6.07) is 27.1. The van der Waals surface area contributed by atoms with Crippen LogP contribution in [0.15, 0.2) is 88.7 Å². The van der Waals surface area contributed by atoms with Crippen molar-refractivity contribution >= 4 is 11.8 Å². The van der Waals surface area contributed by atoms with Crippen molar-refractivity contribution in [2.75, 3.05) is 0 Å². The third-order valence-electron chi connectivity index (χ3n) is 3.33. The lowest BCUT2D eigenvalue weighted by Gasteiger charge is -2.07. The van der Waals surface area contributed by atoms with E-state index in [1.54, 1.807) is 11.8 Å². The second-order valence-electron chi connectivity index (χ2n) is 5.16. The lowest BCUT2D eigenvalue weighted by molar-refractivity contribution is 0.306. The minimum atomic E-state index is 0.602. The fraction of sp³-hybridized carbons (Fsp3) is 0.100. The van der Waals surface area contributed by atoms with Crippen LogP contribution in [0.2, 0.25) is 0 Å². The summed E-state index contributed by atoms with van der Waals surface area (Å²) in [5.41, 5.74) is 2.47. The number of rotatable bonds is 5. The van der Waals surface area contributed by atoms with Gasteiger partial charge < -0.3 is 4.74 Å². The van der Waals surface area contributed by atoms with Gasteiger partial charge >= 0.3 is 0 Å². The van der Waals surface area contributed by atoms with Crippen molar-refractivity contribution in [2.45, 2.75) is 23.3 Å². The second kappa shape index (κ2) is 7.19. The lowest BCUT2D eigenvalue weighted by atomic mass is 10.2. The van der Waals surface area contributed by atoms with Gasteiger partial charge in [-0.15, -0.1) is 0 Å². The third kappa shape index (κ3) is 4.15. The van der Waals surface area contributed by atoms with Crippen molar-refractivity contribution in [1.82, 2.24) is 0 Å². The molecule has 0 aliphatic carbocycles. The molecule has 0 heterocycles. The molecular weight excluding hydrogens is 288 g/mol. The molecule has 0 spiro atoms. The molecule has 0 aliphatic heterocycles. The lowest BCUT2D eigenvalue weighted by Crippen LogP contribution is -1.94. The molecule has 0 aliphatic rings. The van der Waals surface area contributed by atoms with Crippen LogP contribution in [0.3, 0.4) is 0 Å². The minimum absolute atomic E-state index is 0.602. The van der Waals surface area contributed by atoms with Gasteiger partial charge in [-0.3, -0.25) is 0 Å². The summed E-state index contributed by atoms with van der Waals surface area (Å²) in [6.45, 7) is 2.71. The van der Waals surface area contributed by atoms with Crippen LogP contribution in [0, 0.1) is 6.92 Å². The molecule has 110 valence electrons.